The molecule has 2 aromatic rings. The van der Waals surface area contributed by atoms with Crippen LogP contribution in [0.25, 0.3) is 0 Å². The van der Waals surface area contributed by atoms with Crippen LogP contribution in [0.2, 0.25) is 0 Å². The van der Waals surface area contributed by atoms with Crippen LogP contribution < -0.4 is 5.14 Å². The number of primary sulfonamides is 1. The molecule has 7 nitrogen and oxygen atoms in total. The number of aryl methyl sites for hydroxylation is 2. The van der Waals surface area contributed by atoms with Gasteiger partial charge in [-0.25, -0.2) is 18.5 Å². The van der Waals surface area contributed by atoms with Crippen molar-refractivity contribution in [3.63, 3.8) is 0 Å². The lowest BCUT2D eigenvalue weighted by Crippen LogP contribution is -2.12. The molecule has 0 aliphatic heterocycles. The molecule has 0 aliphatic carbocycles. The number of sulfonamides is 1. The van der Waals surface area contributed by atoms with Crippen LogP contribution in [-0.4, -0.2) is 27.7 Å². The Bertz CT molecular complexity index is 671. The normalized spacial score (nSPS) is 11.9. The molecule has 2 aromatic heterocycles. The molecule has 19 heavy (non-hydrogen) atoms. The van der Waals surface area contributed by atoms with Crippen LogP contribution in [-0.2, 0) is 29.5 Å². The van der Waals surface area contributed by atoms with Gasteiger partial charge in [0, 0.05) is 12.7 Å². The molecule has 2 heterocycles. The molecule has 2 N–H and O–H groups in total. The van der Waals surface area contributed by atoms with Gasteiger partial charge in [0.1, 0.15) is 0 Å². The van der Waals surface area contributed by atoms with Crippen LogP contribution in [0.4, 0.5) is 0 Å². The van der Waals surface area contributed by atoms with E-state index in [2.05, 4.69) is 10.1 Å². The zero-order valence-electron chi connectivity index (χ0n) is 10.9. The molecule has 0 saturated heterocycles. The van der Waals surface area contributed by atoms with E-state index >= 15 is 0 Å². The van der Waals surface area contributed by atoms with Crippen LogP contribution in [0, 0.1) is 0 Å². The van der Waals surface area contributed by atoms with Crippen molar-refractivity contribution in [3.8, 4) is 0 Å². The SMILES string of the molecule is CCc1cc(Cn2cnc(S(N)(=O)=O)c2)n(CC)n1. The van der Waals surface area contributed by atoms with Gasteiger partial charge in [0.2, 0.25) is 0 Å². The van der Waals surface area contributed by atoms with Crippen molar-refractivity contribution in [1.82, 2.24) is 19.3 Å². The zero-order chi connectivity index (χ0) is 14.0. The molecule has 0 aliphatic rings. The van der Waals surface area contributed by atoms with Gasteiger partial charge in [0.15, 0.2) is 5.03 Å². The van der Waals surface area contributed by atoms with Gasteiger partial charge in [-0.05, 0) is 19.4 Å². The average Bonchev–Trinajstić information content (AvgIpc) is 2.95. The van der Waals surface area contributed by atoms with Crippen molar-refractivity contribution >= 4 is 10.0 Å². The molecule has 0 bridgehead atoms. The third kappa shape index (κ3) is 3.02. The average molecular weight is 283 g/mol. The van der Waals surface area contributed by atoms with E-state index in [0.29, 0.717) is 6.54 Å². The lowest BCUT2D eigenvalue weighted by Gasteiger charge is -2.04. The van der Waals surface area contributed by atoms with Crippen LogP contribution in [0.5, 0.6) is 0 Å². The van der Waals surface area contributed by atoms with E-state index in [0.717, 1.165) is 24.4 Å². The molecule has 0 radical (unpaired) electrons. The van der Waals surface area contributed by atoms with Gasteiger partial charge < -0.3 is 4.57 Å². The van der Waals surface area contributed by atoms with E-state index in [9.17, 15) is 8.42 Å². The molecule has 0 aromatic carbocycles. The lowest BCUT2D eigenvalue weighted by atomic mass is 10.3. The van der Waals surface area contributed by atoms with E-state index in [1.165, 1.54) is 12.5 Å². The number of hydrogen-bond acceptors (Lipinski definition) is 4. The topological polar surface area (TPSA) is 95.8 Å². The van der Waals surface area contributed by atoms with Gasteiger partial charge in [0.05, 0.1) is 24.3 Å². The highest BCUT2D eigenvalue weighted by Crippen LogP contribution is 2.09. The highest BCUT2D eigenvalue weighted by Gasteiger charge is 2.12. The number of rotatable bonds is 5. The van der Waals surface area contributed by atoms with Crippen molar-refractivity contribution in [2.24, 2.45) is 5.14 Å². The summed E-state index contributed by atoms with van der Waals surface area (Å²) in [6.07, 6.45) is 3.75. The maximum atomic E-state index is 11.2. The van der Waals surface area contributed by atoms with Crippen molar-refractivity contribution < 1.29 is 8.42 Å². The first-order valence-electron chi connectivity index (χ1n) is 6.04. The summed E-state index contributed by atoms with van der Waals surface area (Å²) in [7, 11) is -3.74. The van der Waals surface area contributed by atoms with Gasteiger partial charge in [-0.2, -0.15) is 5.10 Å². The van der Waals surface area contributed by atoms with E-state index < -0.39 is 10.0 Å². The summed E-state index contributed by atoms with van der Waals surface area (Å²) >= 11 is 0. The molecule has 0 fully saturated rings. The first-order valence-corrected chi connectivity index (χ1v) is 7.58. The van der Waals surface area contributed by atoms with Gasteiger partial charge in [-0.15, -0.1) is 0 Å². The quantitative estimate of drug-likeness (QED) is 0.856. The number of nitrogens with two attached hydrogens (primary N) is 1. The van der Waals surface area contributed by atoms with Gasteiger partial charge in [-0.3, -0.25) is 4.68 Å². The Morgan fingerprint density at radius 1 is 1.37 bits per heavy atom. The highest BCUT2D eigenvalue weighted by atomic mass is 32.2. The predicted molar refractivity (Wildman–Crippen MR) is 70.0 cm³/mol. The Kier molecular flexibility index (Phi) is 3.72. The maximum absolute atomic E-state index is 11.2. The monoisotopic (exact) mass is 283 g/mol. The van der Waals surface area contributed by atoms with Crippen LogP contribution in [0.1, 0.15) is 25.2 Å². The Morgan fingerprint density at radius 2 is 2.11 bits per heavy atom. The molecule has 0 amide bonds. The molecule has 0 saturated carbocycles. The second kappa shape index (κ2) is 5.14. The number of aromatic nitrogens is 4. The molecular weight excluding hydrogens is 266 g/mol. The summed E-state index contributed by atoms with van der Waals surface area (Å²) in [6.45, 7) is 5.34. The van der Waals surface area contributed by atoms with Gasteiger partial charge >= 0.3 is 0 Å². The minimum Gasteiger partial charge on any atom is -0.330 e. The largest absolute Gasteiger partial charge is 0.330 e. The fourth-order valence-corrected chi connectivity index (χ4v) is 2.33. The van der Waals surface area contributed by atoms with Gasteiger partial charge in [0.25, 0.3) is 10.0 Å². The zero-order valence-corrected chi connectivity index (χ0v) is 11.8. The smallest absolute Gasteiger partial charge is 0.257 e. The summed E-state index contributed by atoms with van der Waals surface area (Å²) in [5.41, 5.74) is 2.03. The molecule has 0 atom stereocenters. The van der Waals surface area contributed by atoms with Gasteiger partial charge in [-0.1, -0.05) is 6.92 Å². The highest BCUT2D eigenvalue weighted by molar-refractivity contribution is 7.89. The molecule has 104 valence electrons. The first-order chi connectivity index (χ1) is 8.94. The van der Waals surface area contributed by atoms with Crippen molar-refractivity contribution in [2.45, 2.75) is 38.4 Å². The number of imidazole rings is 1. The first kappa shape index (κ1) is 13.8. The van der Waals surface area contributed by atoms with Crippen molar-refractivity contribution in [1.29, 1.82) is 0 Å². The Hall–Kier alpha value is -1.67. The Balaban J connectivity index is 2.26. The van der Waals surface area contributed by atoms with E-state index in [4.69, 9.17) is 5.14 Å². The Morgan fingerprint density at radius 3 is 2.63 bits per heavy atom. The fraction of sp³-hybridized carbons (Fsp3) is 0.455. The second-order valence-electron chi connectivity index (χ2n) is 4.23. The fourth-order valence-electron chi connectivity index (χ4n) is 1.85. The molecular formula is C11H17N5O2S. The van der Waals surface area contributed by atoms with E-state index in [1.807, 2.05) is 24.6 Å². The summed E-state index contributed by atoms with van der Waals surface area (Å²) in [5.74, 6) is 0. The Labute approximate surface area is 112 Å². The van der Waals surface area contributed by atoms with Crippen LogP contribution in [0.3, 0.4) is 0 Å². The molecule has 0 unspecified atom stereocenters. The molecule has 8 heteroatoms. The van der Waals surface area contributed by atoms with Crippen LogP contribution >= 0.6 is 0 Å². The number of hydrogen-bond donors (Lipinski definition) is 1. The second-order valence-corrected chi connectivity index (χ2v) is 5.73. The van der Waals surface area contributed by atoms with Crippen LogP contribution in [0.15, 0.2) is 23.6 Å². The summed E-state index contributed by atoms with van der Waals surface area (Å²) in [5, 5.41) is 9.34. The van der Waals surface area contributed by atoms with E-state index in [1.54, 1.807) is 4.57 Å². The maximum Gasteiger partial charge on any atom is 0.257 e. The summed E-state index contributed by atoms with van der Waals surface area (Å²) in [4.78, 5) is 3.79. The third-order valence-corrected chi connectivity index (χ3v) is 3.62. The third-order valence-electron chi connectivity index (χ3n) is 2.82. The standard InChI is InChI=1S/C11H17N5O2S/c1-3-9-5-10(16(4-2)14-9)6-15-7-11(13-8-15)19(12,17)18/h5,7-8H,3-4,6H2,1-2H3,(H2,12,17,18). The summed E-state index contributed by atoms with van der Waals surface area (Å²) < 4.78 is 25.9. The summed E-state index contributed by atoms with van der Waals surface area (Å²) in [6, 6.07) is 2.01. The minimum atomic E-state index is -3.74. The number of nitrogens with zero attached hydrogens (tertiary/aromatic N) is 4. The molecule has 2 rings (SSSR count). The predicted octanol–water partition coefficient (Wildman–Crippen LogP) is 0.358. The lowest BCUT2D eigenvalue weighted by molar-refractivity contribution is 0.591. The minimum absolute atomic E-state index is 0.120. The van der Waals surface area contributed by atoms with Crippen molar-refractivity contribution in [2.75, 3.05) is 0 Å². The molecule has 0 spiro atoms. The van der Waals surface area contributed by atoms with Crippen molar-refractivity contribution in [3.05, 3.63) is 30.0 Å². The van der Waals surface area contributed by atoms with E-state index in [-0.39, 0.29) is 5.03 Å².